The lowest BCUT2D eigenvalue weighted by molar-refractivity contribution is -0.143. The summed E-state index contributed by atoms with van der Waals surface area (Å²) in [5.74, 6) is -0.776. The van der Waals surface area contributed by atoms with E-state index in [1.54, 1.807) is 25.7 Å². The first kappa shape index (κ1) is 30.9. The van der Waals surface area contributed by atoms with Crippen LogP contribution in [0.3, 0.4) is 0 Å². The van der Waals surface area contributed by atoms with Gasteiger partial charge < -0.3 is 20.3 Å². The minimum atomic E-state index is -0.851. The number of ether oxygens (including phenoxy) is 1. The van der Waals surface area contributed by atoms with Crippen LogP contribution in [0, 0.1) is 19.8 Å². The third-order valence-electron chi connectivity index (χ3n) is 6.33. The van der Waals surface area contributed by atoms with Crippen LogP contribution in [0.2, 0.25) is 0 Å². The average molecular weight is 524 g/mol. The van der Waals surface area contributed by atoms with Gasteiger partial charge in [0.25, 0.3) is 0 Å². The molecule has 7 nitrogen and oxygen atoms in total. The highest BCUT2D eigenvalue weighted by atomic mass is 16.6. The zero-order valence-electron chi connectivity index (χ0n) is 24.3. The van der Waals surface area contributed by atoms with E-state index in [9.17, 15) is 14.4 Å². The Labute approximate surface area is 228 Å². The summed E-state index contributed by atoms with van der Waals surface area (Å²) >= 11 is 0. The number of carbonyl (C=O) groups excluding carboxylic acids is 3. The maximum atomic E-state index is 14.2. The molecule has 0 saturated heterocycles. The Bertz CT molecular complexity index is 1060. The van der Waals surface area contributed by atoms with Crippen molar-refractivity contribution in [2.75, 3.05) is 6.54 Å². The molecule has 0 aliphatic rings. The van der Waals surface area contributed by atoms with Gasteiger partial charge in [0.2, 0.25) is 11.8 Å². The van der Waals surface area contributed by atoms with Crippen molar-refractivity contribution in [3.8, 4) is 0 Å². The molecular weight excluding hydrogens is 478 g/mol. The smallest absolute Gasteiger partial charge is 0.408 e. The third kappa shape index (κ3) is 8.89. The molecule has 2 rings (SSSR count). The minimum Gasteiger partial charge on any atom is -0.444 e. The fourth-order valence-corrected chi connectivity index (χ4v) is 4.39. The molecule has 0 fully saturated rings. The molecule has 208 valence electrons. The number of alkyl carbamates (subject to hydrolysis) is 1. The van der Waals surface area contributed by atoms with E-state index in [1.807, 2.05) is 83.1 Å². The number of amides is 3. The lowest BCUT2D eigenvalue weighted by atomic mass is 9.92. The van der Waals surface area contributed by atoms with Crippen molar-refractivity contribution in [2.45, 2.75) is 92.5 Å². The van der Waals surface area contributed by atoms with Crippen molar-refractivity contribution < 1.29 is 19.1 Å². The monoisotopic (exact) mass is 523 g/mol. The zero-order valence-corrected chi connectivity index (χ0v) is 24.3. The van der Waals surface area contributed by atoms with Gasteiger partial charge in [-0.2, -0.15) is 0 Å². The summed E-state index contributed by atoms with van der Waals surface area (Å²) in [4.78, 5) is 42.4. The molecule has 2 N–H and O–H groups in total. The van der Waals surface area contributed by atoms with E-state index < -0.39 is 23.8 Å². The van der Waals surface area contributed by atoms with Crippen LogP contribution in [0.1, 0.15) is 82.7 Å². The second-order valence-electron chi connectivity index (χ2n) is 11.2. The molecule has 0 spiro atoms. The number of rotatable bonds is 11. The number of nitrogens with zero attached hydrogens (tertiary/aromatic N) is 1. The first-order chi connectivity index (χ1) is 17.9. The first-order valence-corrected chi connectivity index (χ1v) is 13.5. The molecular formula is C31H45N3O4. The topological polar surface area (TPSA) is 87.7 Å². The second-order valence-corrected chi connectivity index (χ2v) is 11.2. The van der Waals surface area contributed by atoms with Gasteiger partial charge in [0.15, 0.2) is 0 Å². The summed E-state index contributed by atoms with van der Waals surface area (Å²) in [6.45, 7) is 15.8. The van der Waals surface area contributed by atoms with Gasteiger partial charge in [-0.1, -0.05) is 75.7 Å². The predicted octanol–water partition coefficient (Wildman–Crippen LogP) is 5.84. The normalized spacial score (nSPS) is 13.0. The highest BCUT2D eigenvalue weighted by Crippen LogP contribution is 2.30. The maximum absolute atomic E-state index is 14.2. The largest absolute Gasteiger partial charge is 0.444 e. The first-order valence-electron chi connectivity index (χ1n) is 13.5. The highest BCUT2D eigenvalue weighted by Gasteiger charge is 2.38. The van der Waals surface area contributed by atoms with Crippen LogP contribution in [-0.2, 0) is 20.9 Å². The molecule has 2 aromatic rings. The van der Waals surface area contributed by atoms with E-state index in [0.29, 0.717) is 13.1 Å². The minimum absolute atomic E-state index is 0.217. The maximum Gasteiger partial charge on any atom is 0.408 e. The summed E-state index contributed by atoms with van der Waals surface area (Å²) in [5.41, 5.74) is 2.94. The number of hydrogen-bond donors (Lipinski definition) is 2. The van der Waals surface area contributed by atoms with Crippen LogP contribution in [0.25, 0.3) is 0 Å². The third-order valence-corrected chi connectivity index (χ3v) is 6.33. The van der Waals surface area contributed by atoms with E-state index in [1.165, 1.54) is 0 Å². The quantitative estimate of drug-likeness (QED) is 0.387. The molecule has 2 unspecified atom stereocenters. The van der Waals surface area contributed by atoms with E-state index >= 15 is 0 Å². The van der Waals surface area contributed by atoms with Crippen molar-refractivity contribution in [1.82, 2.24) is 15.5 Å². The molecule has 0 saturated carbocycles. The second kappa shape index (κ2) is 14.0. The summed E-state index contributed by atoms with van der Waals surface area (Å²) in [7, 11) is 0. The molecule has 0 bridgehead atoms. The van der Waals surface area contributed by atoms with Gasteiger partial charge in [-0.05, 0) is 69.2 Å². The zero-order chi connectivity index (χ0) is 28.5. The molecule has 2 atom stereocenters. The molecule has 0 aromatic heterocycles. The van der Waals surface area contributed by atoms with Gasteiger partial charge in [-0.25, -0.2) is 4.79 Å². The number of benzene rings is 2. The van der Waals surface area contributed by atoms with E-state index in [0.717, 1.165) is 35.1 Å². The molecule has 2 aromatic carbocycles. The Kier molecular flexibility index (Phi) is 11.4. The van der Waals surface area contributed by atoms with Crippen LogP contribution in [0.15, 0.2) is 48.5 Å². The van der Waals surface area contributed by atoms with Crippen LogP contribution in [0.5, 0.6) is 0 Å². The molecule has 0 aliphatic carbocycles. The molecule has 3 amide bonds. The van der Waals surface area contributed by atoms with Gasteiger partial charge in [-0.3, -0.25) is 9.59 Å². The van der Waals surface area contributed by atoms with Crippen molar-refractivity contribution in [2.24, 2.45) is 5.92 Å². The Morgan fingerprint density at radius 2 is 1.55 bits per heavy atom. The van der Waals surface area contributed by atoms with E-state index in [-0.39, 0.29) is 17.7 Å². The lowest BCUT2D eigenvalue weighted by Crippen LogP contribution is -2.55. The highest BCUT2D eigenvalue weighted by molar-refractivity contribution is 5.92. The van der Waals surface area contributed by atoms with Crippen molar-refractivity contribution in [3.63, 3.8) is 0 Å². The summed E-state index contributed by atoms with van der Waals surface area (Å²) in [6, 6.07) is 13.9. The fourth-order valence-electron chi connectivity index (χ4n) is 4.39. The Morgan fingerprint density at radius 1 is 0.947 bits per heavy atom. The SMILES string of the molecule is CCCCN(C(=O)C(NC(=O)OC(C)(C)C)C(C)C)C(C(=O)NCc1ccccc1)c1c(C)cccc1C. The van der Waals surface area contributed by atoms with Crippen LogP contribution >= 0.6 is 0 Å². The van der Waals surface area contributed by atoms with Crippen molar-refractivity contribution in [1.29, 1.82) is 0 Å². The summed E-state index contributed by atoms with van der Waals surface area (Å²) in [5, 5.41) is 5.84. The van der Waals surface area contributed by atoms with Crippen LogP contribution in [-0.4, -0.2) is 41.0 Å². The van der Waals surface area contributed by atoms with Crippen molar-refractivity contribution >= 4 is 17.9 Å². The predicted molar refractivity (Wildman–Crippen MR) is 152 cm³/mol. The Hall–Kier alpha value is -3.35. The van der Waals surface area contributed by atoms with Gasteiger partial charge in [0, 0.05) is 13.1 Å². The van der Waals surface area contributed by atoms with E-state index in [4.69, 9.17) is 4.74 Å². The van der Waals surface area contributed by atoms with Gasteiger partial charge in [0.05, 0.1) is 0 Å². The Balaban J connectivity index is 2.51. The number of aryl methyl sites for hydroxylation is 2. The summed E-state index contributed by atoms with van der Waals surface area (Å²) in [6.07, 6.45) is 0.911. The fraction of sp³-hybridized carbons (Fsp3) is 0.516. The molecule has 0 aliphatic heterocycles. The van der Waals surface area contributed by atoms with Crippen LogP contribution < -0.4 is 10.6 Å². The molecule has 0 heterocycles. The Morgan fingerprint density at radius 3 is 2.08 bits per heavy atom. The molecule has 0 radical (unpaired) electrons. The van der Waals surface area contributed by atoms with E-state index in [2.05, 4.69) is 10.6 Å². The average Bonchev–Trinajstić information content (AvgIpc) is 2.84. The van der Waals surface area contributed by atoms with Crippen molar-refractivity contribution in [3.05, 3.63) is 70.8 Å². The van der Waals surface area contributed by atoms with Gasteiger partial charge >= 0.3 is 6.09 Å². The number of carbonyl (C=O) groups is 3. The number of nitrogens with one attached hydrogen (secondary N) is 2. The number of hydrogen-bond acceptors (Lipinski definition) is 4. The molecule has 38 heavy (non-hydrogen) atoms. The van der Waals surface area contributed by atoms with Gasteiger partial charge in [-0.15, -0.1) is 0 Å². The van der Waals surface area contributed by atoms with Gasteiger partial charge in [0.1, 0.15) is 17.7 Å². The number of unbranched alkanes of at least 4 members (excludes halogenated alkanes) is 1. The lowest BCUT2D eigenvalue weighted by Gasteiger charge is -2.36. The summed E-state index contributed by atoms with van der Waals surface area (Å²) < 4.78 is 5.45. The molecule has 7 heteroatoms. The standard InChI is InChI=1S/C31H45N3O4/c1-9-10-19-34(29(36)26(21(2)3)33-30(37)38-31(6,7)8)27(25-22(4)15-14-16-23(25)5)28(35)32-20-24-17-12-11-13-18-24/h11-18,21,26-27H,9-10,19-20H2,1-8H3,(H,32,35)(H,33,37). The van der Waals surface area contributed by atoms with Crippen LogP contribution in [0.4, 0.5) is 4.79 Å².